The van der Waals surface area contributed by atoms with Gasteiger partial charge in [-0.15, -0.1) is 0 Å². The topological polar surface area (TPSA) is 59.0 Å². The molecule has 0 radical (unpaired) electrons. The first kappa shape index (κ1) is 8.25. The van der Waals surface area contributed by atoms with Gasteiger partial charge in [0.2, 0.25) is 0 Å². The number of nitrogens with zero attached hydrogens (tertiary/aromatic N) is 2. The Balaban J connectivity index is 1.91. The molecule has 13 heavy (non-hydrogen) atoms. The molecule has 5 nitrogen and oxygen atoms in total. The Morgan fingerprint density at radius 3 is 3.23 bits per heavy atom. The van der Waals surface area contributed by atoms with Crippen molar-refractivity contribution in [1.29, 1.82) is 0 Å². The number of carbonyl (C=O) groups excluding carboxylic acids is 1. The minimum atomic E-state index is -0.105. The second-order valence-corrected chi connectivity index (χ2v) is 3.11. The Bertz CT molecular complexity index is 276. The number of carbonyl (C=O) groups is 1. The highest BCUT2D eigenvalue weighted by molar-refractivity contribution is 5.76. The number of nitrogens with one attached hydrogen (secondary N) is 2. The summed E-state index contributed by atoms with van der Waals surface area (Å²) in [7, 11) is 0. The van der Waals surface area contributed by atoms with Gasteiger partial charge in [-0.05, 0) is 13.0 Å². The second-order valence-electron chi connectivity index (χ2n) is 3.11. The van der Waals surface area contributed by atoms with E-state index in [2.05, 4.69) is 15.6 Å². The van der Waals surface area contributed by atoms with Crippen LogP contribution in [0, 0.1) is 0 Å². The lowest BCUT2D eigenvalue weighted by molar-refractivity contribution is 0.239. The van der Waals surface area contributed by atoms with E-state index in [-0.39, 0.29) is 12.1 Å². The highest BCUT2D eigenvalue weighted by Gasteiger charge is 2.16. The Morgan fingerprint density at radius 1 is 1.69 bits per heavy atom. The van der Waals surface area contributed by atoms with Crippen molar-refractivity contribution in [3.05, 3.63) is 18.7 Å². The van der Waals surface area contributed by atoms with Crippen LogP contribution in [0.4, 0.5) is 4.79 Å². The van der Waals surface area contributed by atoms with E-state index in [0.717, 1.165) is 19.5 Å². The molecule has 70 valence electrons. The predicted molar refractivity (Wildman–Crippen MR) is 47.4 cm³/mol. The van der Waals surface area contributed by atoms with Gasteiger partial charge in [0.15, 0.2) is 0 Å². The summed E-state index contributed by atoms with van der Waals surface area (Å²) in [6.07, 6.45) is 5.72. The van der Waals surface area contributed by atoms with Gasteiger partial charge in [-0.1, -0.05) is 0 Å². The van der Waals surface area contributed by atoms with Crippen LogP contribution in [0.3, 0.4) is 0 Å². The zero-order chi connectivity index (χ0) is 9.10. The maximum Gasteiger partial charge on any atom is 0.327 e. The lowest BCUT2D eigenvalue weighted by Gasteiger charge is -2.10. The van der Waals surface area contributed by atoms with Crippen molar-refractivity contribution in [2.75, 3.05) is 13.1 Å². The molecule has 0 aliphatic carbocycles. The maximum atomic E-state index is 11.4. The molecule has 1 amide bonds. The Morgan fingerprint density at radius 2 is 2.62 bits per heavy atom. The third-order valence-corrected chi connectivity index (χ3v) is 2.13. The third-order valence-electron chi connectivity index (χ3n) is 2.13. The van der Waals surface area contributed by atoms with E-state index in [1.54, 1.807) is 12.4 Å². The lowest BCUT2D eigenvalue weighted by Crippen LogP contribution is -2.38. The van der Waals surface area contributed by atoms with Crippen LogP contribution in [0.1, 0.15) is 6.42 Å². The summed E-state index contributed by atoms with van der Waals surface area (Å²) in [6.45, 7) is 1.84. The van der Waals surface area contributed by atoms with Gasteiger partial charge in [0.05, 0.1) is 0 Å². The monoisotopic (exact) mass is 180 g/mol. The largest absolute Gasteiger partial charge is 0.333 e. The highest BCUT2D eigenvalue weighted by atomic mass is 16.2. The summed E-state index contributed by atoms with van der Waals surface area (Å²) >= 11 is 0. The minimum Gasteiger partial charge on any atom is -0.333 e. The van der Waals surface area contributed by atoms with Crippen LogP contribution < -0.4 is 10.6 Å². The molecular formula is C8H12N4O. The summed E-state index contributed by atoms with van der Waals surface area (Å²) in [4.78, 5) is 15.3. The standard InChI is InChI=1S/C8H12N4O/c13-8(12-4-3-10-6-12)11-7-1-2-9-5-7/h3-4,6-7,9H,1-2,5H2,(H,11,13)/t7-/m1/s1. The summed E-state index contributed by atoms with van der Waals surface area (Å²) in [6, 6.07) is 0.154. The van der Waals surface area contributed by atoms with Gasteiger partial charge in [0.1, 0.15) is 6.33 Å². The molecule has 2 N–H and O–H groups in total. The van der Waals surface area contributed by atoms with E-state index in [1.165, 1.54) is 10.9 Å². The van der Waals surface area contributed by atoms with Crippen molar-refractivity contribution in [2.45, 2.75) is 12.5 Å². The van der Waals surface area contributed by atoms with Crippen LogP contribution in [-0.4, -0.2) is 34.7 Å². The summed E-state index contributed by atoms with van der Waals surface area (Å²) in [5.41, 5.74) is 0. The zero-order valence-corrected chi connectivity index (χ0v) is 7.23. The smallest absolute Gasteiger partial charge is 0.327 e. The predicted octanol–water partition coefficient (Wildman–Crippen LogP) is -0.197. The van der Waals surface area contributed by atoms with E-state index in [4.69, 9.17) is 0 Å². The fraction of sp³-hybridized carbons (Fsp3) is 0.500. The molecule has 0 saturated carbocycles. The molecule has 0 spiro atoms. The third kappa shape index (κ3) is 1.86. The Kier molecular flexibility index (Phi) is 2.27. The van der Waals surface area contributed by atoms with Crippen molar-refractivity contribution in [2.24, 2.45) is 0 Å². The molecule has 5 heteroatoms. The summed E-state index contributed by atoms with van der Waals surface area (Å²) < 4.78 is 1.44. The zero-order valence-electron chi connectivity index (χ0n) is 7.23. The van der Waals surface area contributed by atoms with Gasteiger partial charge in [0.25, 0.3) is 0 Å². The molecule has 1 aromatic rings. The number of amides is 1. The number of imidazole rings is 1. The van der Waals surface area contributed by atoms with Crippen LogP contribution in [0.25, 0.3) is 0 Å². The van der Waals surface area contributed by atoms with Crippen molar-refractivity contribution < 1.29 is 4.79 Å². The average molecular weight is 180 g/mol. The second kappa shape index (κ2) is 3.57. The van der Waals surface area contributed by atoms with Crippen LogP contribution in [0.15, 0.2) is 18.7 Å². The van der Waals surface area contributed by atoms with Crippen molar-refractivity contribution >= 4 is 6.03 Å². The molecular weight excluding hydrogens is 168 g/mol. The fourth-order valence-corrected chi connectivity index (χ4v) is 1.41. The molecule has 1 aliphatic rings. The summed E-state index contributed by atoms with van der Waals surface area (Å²) in [5.74, 6) is 0. The minimum absolute atomic E-state index is 0.105. The SMILES string of the molecule is O=C(N[C@@H]1CCNC1)n1ccnc1. The van der Waals surface area contributed by atoms with E-state index >= 15 is 0 Å². The van der Waals surface area contributed by atoms with E-state index in [0.29, 0.717) is 0 Å². The van der Waals surface area contributed by atoms with Crippen molar-refractivity contribution in [3.8, 4) is 0 Å². The molecule has 1 saturated heterocycles. The first-order chi connectivity index (χ1) is 6.36. The first-order valence-electron chi connectivity index (χ1n) is 4.36. The molecule has 1 atom stereocenters. The van der Waals surface area contributed by atoms with Gasteiger partial charge in [-0.2, -0.15) is 0 Å². The van der Waals surface area contributed by atoms with E-state index in [9.17, 15) is 4.79 Å². The molecule has 1 fully saturated rings. The lowest BCUT2D eigenvalue weighted by atomic mass is 10.3. The number of hydrogen-bond donors (Lipinski definition) is 2. The molecule has 1 aromatic heterocycles. The van der Waals surface area contributed by atoms with Gasteiger partial charge in [-0.3, -0.25) is 4.57 Å². The molecule has 2 rings (SSSR count). The molecule has 0 bridgehead atoms. The number of hydrogen-bond acceptors (Lipinski definition) is 3. The van der Waals surface area contributed by atoms with Gasteiger partial charge in [-0.25, -0.2) is 9.78 Å². The highest BCUT2D eigenvalue weighted by Crippen LogP contribution is 1.97. The van der Waals surface area contributed by atoms with E-state index in [1.807, 2.05) is 0 Å². The van der Waals surface area contributed by atoms with Gasteiger partial charge >= 0.3 is 6.03 Å². The van der Waals surface area contributed by atoms with Gasteiger partial charge in [0, 0.05) is 25.0 Å². The van der Waals surface area contributed by atoms with E-state index < -0.39 is 0 Å². The van der Waals surface area contributed by atoms with Crippen molar-refractivity contribution in [3.63, 3.8) is 0 Å². The van der Waals surface area contributed by atoms with Crippen molar-refractivity contribution in [1.82, 2.24) is 20.2 Å². The number of aromatic nitrogens is 2. The summed E-state index contributed by atoms with van der Waals surface area (Å²) in [5, 5.41) is 6.09. The van der Waals surface area contributed by atoms with Gasteiger partial charge < -0.3 is 10.6 Å². The molecule has 0 aromatic carbocycles. The molecule has 0 unspecified atom stereocenters. The number of rotatable bonds is 1. The first-order valence-corrected chi connectivity index (χ1v) is 4.36. The van der Waals surface area contributed by atoms with Crippen LogP contribution in [-0.2, 0) is 0 Å². The Labute approximate surface area is 76.2 Å². The van der Waals surface area contributed by atoms with Crippen LogP contribution >= 0.6 is 0 Å². The fourth-order valence-electron chi connectivity index (χ4n) is 1.41. The van der Waals surface area contributed by atoms with Crippen LogP contribution in [0.5, 0.6) is 0 Å². The normalized spacial score (nSPS) is 21.7. The van der Waals surface area contributed by atoms with Crippen LogP contribution in [0.2, 0.25) is 0 Å². The maximum absolute atomic E-state index is 11.4. The molecule has 2 heterocycles. The quantitative estimate of drug-likeness (QED) is 0.629. The average Bonchev–Trinajstić information content (AvgIpc) is 2.74. The molecule has 1 aliphatic heterocycles. The Hall–Kier alpha value is -1.36.